The van der Waals surface area contributed by atoms with Gasteiger partial charge in [0.2, 0.25) is 0 Å². The second-order valence-corrected chi connectivity index (χ2v) is 2.79. The van der Waals surface area contributed by atoms with Gasteiger partial charge in [-0.25, -0.2) is 0 Å². The van der Waals surface area contributed by atoms with Crippen LogP contribution in [0.15, 0.2) is 12.2 Å². The summed E-state index contributed by atoms with van der Waals surface area (Å²) in [6.07, 6.45) is 2.09. The molecule has 2 nitrogen and oxygen atoms in total. The molecule has 0 radical (unpaired) electrons. The van der Waals surface area contributed by atoms with Crippen LogP contribution in [0.5, 0.6) is 0 Å². The van der Waals surface area contributed by atoms with Gasteiger partial charge in [0.15, 0.2) is 5.78 Å². The Kier molecular flexibility index (Phi) is 2.22. The lowest BCUT2D eigenvalue weighted by atomic mass is 10.1. The summed E-state index contributed by atoms with van der Waals surface area (Å²) in [6, 6.07) is 0.0671. The largest absolute Gasteiger partial charge is 0.307 e. The van der Waals surface area contributed by atoms with Crippen molar-refractivity contribution in [2.24, 2.45) is 0 Å². The molecule has 1 saturated heterocycles. The van der Waals surface area contributed by atoms with Gasteiger partial charge in [-0.1, -0.05) is 6.58 Å². The van der Waals surface area contributed by atoms with Crippen LogP contribution in [0.3, 0.4) is 0 Å². The number of carbonyl (C=O) groups is 1. The maximum Gasteiger partial charge on any atom is 0.174 e. The first-order valence-electron chi connectivity index (χ1n) is 3.65. The molecule has 0 aliphatic carbocycles. The van der Waals surface area contributed by atoms with Gasteiger partial charge in [0.25, 0.3) is 0 Å². The highest BCUT2D eigenvalue weighted by Gasteiger charge is 2.21. The van der Waals surface area contributed by atoms with Crippen LogP contribution in [0.4, 0.5) is 0 Å². The molecule has 2 heteroatoms. The van der Waals surface area contributed by atoms with Gasteiger partial charge in [0.05, 0.1) is 6.04 Å². The van der Waals surface area contributed by atoms with E-state index in [9.17, 15) is 4.79 Å². The van der Waals surface area contributed by atoms with E-state index in [1.165, 1.54) is 0 Å². The molecular formula is C8H13NO. The minimum absolute atomic E-state index is 0.0671. The normalized spacial score (nSPS) is 24.7. The van der Waals surface area contributed by atoms with Gasteiger partial charge in [-0.15, -0.1) is 0 Å². The summed E-state index contributed by atoms with van der Waals surface area (Å²) in [5.74, 6) is 0.178. The van der Waals surface area contributed by atoms with Gasteiger partial charge in [-0.05, 0) is 31.9 Å². The Morgan fingerprint density at radius 1 is 1.70 bits per heavy atom. The minimum atomic E-state index is 0.0671. The quantitative estimate of drug-likeness (QED) is 0.575. The predicted molar refractivity (Wildman–Crippen MR) is 40.8 cm³/mol. The summed E-state index contributed by atoms with van der Waals surface area (Å²) < 4.78 is 0. The molecule has 56 valence electrons. The fourth-order valence-corrected chi connectivity index (χ4v) is 1.21. The van der Waals surface area contributed by atoms with Crippen LogP contribution in [-0.2, 0) is 4.79 Å². The van der Waals surface area contributed by atoms with E-state index < -0.39 is 0 Å². The van der Waals surface area contributed by atoms with Crippen molar-refractivity contribution in [3.63, 3.8) is 0 Å². The molecule has 0 aromatic rings. The predicted octanol–water partition coefficient (Wildman–Crippen LogP) is 0.884. The number of nitrogens with one attached hydrogen (secondary N) is 1. The molecule has 1 fully saturated rings. The molecule has 0 aromatic carbocycles. The Hall–Kier alpha value is -0.630. The van der Waals surface area contributed by atoms with E-state index in [0.29, 0.717) is 5.57 Å². The summed E-state index contributed by atoms with van der Waals surface area (Å²) in [5, 5.41) is 3.13. The molecule has 0 saturated carbocycles. The van der Waals surface area contributed by atoms with Gasteiger partial charge in [-0.3, -0.25) is 4.79 Å². The number of Topliss-reactive ketones (excluding diaryl/α,β-unsaturated/α-hetero) is 1. The van der Waals surface area contributed by atoms with Crippen LogP contribution in [0, 0.1) is 0 Å². The lowest BCUT2D eigenvalue weighted by Gasteiger charge is -2.06. The van der Waals surface area contributed by atoms with E-state index in [-0.39, 0.29) is 11.8 Å². The Labute approximate surface area is 61.3 Å². The van der Waals surface area contributed by atoms with Crippen molar-refractivity contribution in [3.05, 3.63) is 12.2 Å². The van der Waals surface area contributed by atoms with E-state index in [0.717, 1.165) is 19.4 Å². The average molecular weight is 139 g/mol. The van der Waals surface area contributed by atoms with Crippen molar-refractivity contribution < 1.29 is 4.79 Å². The molecule has 1 aliphatic rings. The fourth-order valence-electron chi connectivity index (χ4n) is 1.21. The molecule has 10 heavy (non-hydrogen) atoms. The molecule has 1 atom stereocenters. The summed E-state index contributed by atoms with van der Waals surface area (Å²) in [4.78, 5) is 11.2. The number of rotatable bonds is 2. The van der Waals surface area contributed by atoms with E-state index in [4.69, 9.17) is 0 Å². The third-order valence-electron chi connectivity index (χ3n) is 1.80. The van der Waals surface area contributed by atoms with Gasteiger partial charge in [-0.2, -0.15) is 0 Å². The molecule has 1 heterocycles. The number of hydrogen-bond acceptors (Lipinski definition) is 2. The van der Waals surface area contributed by atoms with Crippen LogP contribution in [0.25, 0.3) is 0 Å². The smallest absolute Gasteiger partial charge is 0.174 e. The monoisotopic (exact) mass is 139 g/mol. The maximum absolute atomic E-state index is 11.2. The van der Waals surface area contributed by atoms with E-state index in [1.807, 2.05) is 0 Å². The summed E-state index contributed by atoms with van der Waals surface area (Å²) in [7, 11) is 0. The van der Waals surface area contributed by atoms with Gasteiger partial charge >= 0.3 is 0 Å². The maximum atomic E-state index is 11.2. The topological polar surface area (TPSA) is 29.1 Å². The molecule has 1 N–H and O–H groups in total. The first-order chi connectivity index (χ1) is 4.72. The molecule has 0 bridgehead atoms. The number of ketones is 1. The second kappa shape index (κ2) is 2.97. The fraction of sp³-hybridized carbons (Fsp3) is 0.625. The second-order valence-electron chi connectivity index (χ2n) is 2.79. The SMILES string of the molecule is C=C(C)C(=O)[C@H]1CCCN1. The molecule has 0 spiro atoms. The number of carbonyl (C=O) groups excluding carboxylic acids is 1. The Balaban J connectivity index is 2.48. The van der Waals surface area contributed by atoms with Crippen LogP contribution in [0.2, 0.25) is 0 Å². The summed E-state index contributed by atoms with van der Waals surface area (Å²) >= 11 is 0. The highest BCUT2D eigenvalue weighted by molar-refractivity contribution is 5.98. The third-order valence-corrected chi connectivity index (χ3v) is 1.80. The average Bonchev–Trinajstić information content (AvgIpc) is 2.36. The highest BCUT2D eigenvalue weighted by Crippen LogP contribution is 2.08. The van der Waals surface area contributed by atoms with Gasteiger partial charge in [0, 0.05) is 0 Å². The van der Waals surface area contributed by atoms with E-state index in [2.05, 4.69) is 11.9 Å². The minimum Gasteiger partial charge on any atom is -0.307 e. The van der Waals surface area contributed by atoms with Crippen LogP contribution < -0.4 is 5.32 Å². The number of hydrogen-bond donors (Lipinski definition) is 1. The zero-order valence-electron chi connectivity index (χ0n) is 6.31. The summed E-state index contributed by atoms with van der Waals surface area (Å²) in [6.45, 7) is 6.35. The first kappa shape index (κ1) is 7.48. The molecular weight excluding hydrogens is 126 g/mol. The highest BCUT2D eigenvalue weighted by atomic mass is 16.1. The van der Waals surface area contributed by atoms with Crippen molar-refractivity contribution in [1.82, 2.24) is 5.32 Å². The van der Waals surface area contributed by atoms with E-state index in [1.54, 1.807) is 6.92 Å². The van der Waals surface area contributed by atoms with Crippen molar-refractivity contribution >= 4 is 5.78 Å². The Bertz CT molecular complexity index is 157. The third kappa shape index (κ3) is 1.45. The molecule has 0 aromatic heterocycles. The van der Waals surface area contributed by atoms with Crippen molar-refractivity contribution in [2.75, 3.05) is 6.54 Å². The molecule has 1 rings (SSSR count). The molecule has 1 aliphatic heterocycles. The van der Waals surface area contributed by atoms with Gasteiger partial charge in [0.1, 0.15) is 0 Å². The zero-order valence-corrected chi connectivity index (χ0v) is 6.31. The standard InChI is InChI=1S/C8H13NO/c1-6(2)8(10)7-4-3-5-9-7/h7,9H,1,3-5H2,2H3/t7-/m1/s1. The Morgan fingerprint density at radius 2 is 2.40 bits per heavy atom. The van der Waals surface area contributed by atoms with Crippen molar-refractivity contribution in [2.45, 2.75) is 25.8 Å². The van der Waals surface area contributed by atoms with Crippen LogP contribution in [0.1, 0.15) is 19.8 Å². The first-order valence-corrected chi connectivity index (χ1v) is 3.65. The van der Waals surface area contributed by atoms with Crippen molar-refractivity contribution in [1.29, 1.82) is 0 Å². The Morgan fingerprint density at radius 3 is 2.80 bits per heavy atom. The van der Waals surface area contributed by atoms with Crippen LogP contribution in [-0.4, -0.2) is 18.4 Å². The molecule has 0 amide bonds. The van der Waals surface area contributed by atoms with E-state index >= 15 is 0 Å². The lowest BCUT2D eigenvalue weighted by molar-refractivity contribution is -0.117. The lowest BCUT2D eigenvalue weighted by Crippen LogP contribution is -2.30. The molecule has 0 unspecified atom stereocenters. The van der Waals surface area contributed by atoms with Crippen molar-refractivity contribution in [3.8, 4) is 0 Å². The zero-order chi connectivity index (χ0) is 7.56. The van der Waals surface area contributed by atoms with Gasteiger partial charge < -0.3 is 5.32 Å². The van der Waals surface area contributed by atoms with Crippen LogP contribution >= 0.6 is 0 Å². The summed E-state index contributed by atoms with van der Waals surface area (Å²) in [5.41, 5.74) is 0.666.